The SMILES string of the molecule is O=C1NC(=C=S)N(Cc2ccccc2C2CCC(F)CN2)c2nc[nH]c21. The Morgan fingerprint density at radius 1 is 1.35 bits per heavy atom. The number of fused-ring (bicyclic) bond motifs is 1. The number of alkyl halides is 1. The number of carbonyl (C=O) groups excluding carboxylic acids is 1. The van der Waals surface area contributed by atoms with Crippen molar-refractivity contribution in [3.8, 4) is 0 Å². The molecule has 0 radical (unpaired) electrons. The van der Waals surface area contributed by atoms with Crippen molar-refractivity contribution in [1.29, 1.82) is 0 Å². The predicted octanol–water partition coefficient (Wildman–Crippen LogP) is 2.36. The van der Waals surface area contributed by atoms with Gasteiger partial charge in [-0.25, -0.2) is 9.37 Å². The van der Waals surface area contributed by atoms with Crippen molar-refractivity contribution < 1.29 is 9.18 Å². The molecule has 1 aromatic heterocycles. The zero-order valence-electron chi connectivity index (χ0n) is 14.0. The number of benzene rings is 1. The average Bonchev–Trinajstić information content (AvgIpc) is 3.15. The summed E-state index contributed by atoms with van der Waals surface area (Å²) in [4.78, 5) is 21.1. The van der Waals surface area contributed by atoms with Gasteiger partial charge in [-0.2, -0.15) is 0 Å². The van der Waals surface area contributed by atoms with E-state index >= 15 is 0 Å². The van der Waals surface area contributed by atoms with Gasteiger partial charge in [0, 0.05) is 12.6 Å². The van der Waals surface area contributed by atoms with E-state index in [4.69, 9.17) is 12.2 Å². The van der Waals surface area contributed by atoms with Crippen LogP contribution in [-0.2, 0) is 6.54 Å². The molecule has 8 heteroatoms. The number of imidazole rings is 1. The first kappa shape index (κ1) is 16.9. The Balaban J connectivity index is 1.66. The van der Waals surface area contributed by atoms with Crippen LogP contribution in [0.1, 0.15) is 40.5 Å². The van der Waals surface area contributed by atoms with E-state index in [1.807, 2.05) is 23.1 Å². The number of hydrogen-bond acceptors (Lipinski definition) is 5. The third-order valence-electron chi connectivity index (χ3n) is 4.81. The second-order valence-corrected chi connectivity index (χ2v) is 6.63. The summed E-state index contributed by atoms with van der Waals surface area (Å²) in [6.45, 7) is 0.845. The van der Waals surface area contributed by atoms with Crippen molar-refractivity contribution in [2.45, 2.75) is 31.6 Å². The number of aromatic nitrogens is 2. The normalized spacial score (nSPS) is 22.6. The van der Waals surface area contributed by atoms with Crippen LogP contribution in [0.4, 0.5) is 10.2 Å². The van der Waals surface area contributed by atoms with Gasteiger partial charge in [-0.3, -0.25) is 15.0 Å². The molecular weight excluding hydrogens is 353 g/mol. The minimum atomic E-state index is -0.785. The van der Waals surface area contributed by atoms with Gasteiger partial charge in [0.1, 0.15) is 11.9 Å². The molecule has 2 atom stereocenters. The minimum Gasteiger partial charge on any atom is -0.339 e. The lowest BCUT2D eigenvalue weighted by molar-refractivity contribution is 0.0956. The van der Waals surface area contributed by atoms with E-state index in [0.29, 0.717) is 36.8 Å². The summed E-state index contributed by atoms with van der Waals surface area (Å²) >= 11 is 4.96. The van der Waals surface area contributed by atoms with Gasteiger partial charge in [-0.1, -0.05) is 24.3 Å². The minimum absolute atomic E-state index is 0.108. The van der Waals surface area contributed by atoms with Gasteiger partial charge in [0.05, 0.1) is 12.9 Å². The third-order valence-corrected chi connectivity index (χ3v) is 5.01. The van der Waals surface area contributed by atoms with Crippen molar-refractivity contribution in [3.05, 3.63) is 53.2 Å². The molecule has 3 N–H and O–H groups in total. The number of halogens is 1. The molecule has 2 aromatic rings. The Morgan fingerprint density at radius 2 is 2.19 bits per heavy atom. The smallest absolute Gasteiger partial charge is 0.277 e. The molecule has 1 saturated heterocycles. The number of nitrogens with one attached hydrogen (secondary N) is 3. The number of aromatic amines is 1. The first-order chi connectivity index (χ1) is 12.7. The molecule has 0 aliphatic carbocycles. The Labute approximate surface area is 155 Å². The molecule has 0 saturated carbocycles. The molecule has 1 amide bonds. The highest BCUT2D eigenvalue weighted by Crippen LogP contribution is 2.30. The lowest BCUT2D eigenvalue weighted by Crippen LogP contribution is -2.42. The van der Waals surface area contributed by atoms with Crippen molar-refractivity contribution in [3.63, 3.8) is 0 Å². The van der Waals surface area contributed by atoms with Gasteiger partial charge >= 0.3 is 0 Å². The second-order valence-electron chi connectivity index (χ2n) is 6.43. The predicted molar refractivity (Wildman–Crippen MR) is 99.7 cm³/mol. The number of H-pyrrole nitrogens is 1. The fourth-order valence-electron chi connectivity index (χ4n) is 3.51. The molecule has 0 bridgehead atoms. The number of rotatable bonds is 3. The topological polar surface area (TPSA) is 73.1 Å². The van der Waals surface area contributed by atoms with Crippen LogP contribution < -0.4 is 15.5 Å². The van der Waals surface area contributed by atoms with Gasteiger partial charge in [0.25, 0.3) is 5.91 Å². The van der Waals surface area contributed by atoms with E-state index in [2.05, 4.69) is 31.7 Å². The largest absolute Gasteiger partial charge is 0.339 e. The molecule has 2 unspecified atom stereocenters. The van der Waals surface area contributed by atoms with E-state index in [1.54, 1.807) is 0 Å². The maximum absolute atomic E-state index is 13.5. The van der Waals surface area contributed by atoms with Crippen molar-refractivity contribution in [2.75, 3.05) is 11.4 Å². The van der Waals surface area contributed by atoms with E-state index in [9.17, 15) is 9.18 Å². The molecule has 3 heterocycles. The molecule has 26 heavy (non-hydrogen) atoms. The monoisotopic (exact) mass is 371 g/mol. The lowest BCUT2D eigenvalue weighted by atomic mass is 9.93. The van der Waals surface area contributed by atoms with Crippen LogP contribution in [0.15, 0.2) is 36.4 Å². The van der Waals surface area contributed by atoms with E-state index in [-0.39, 0.29) is 11.9 Å². The highest BCUT2D eigenvalue weighted by Gasteiger charge is 2.31. The van der Waals surface area contributed by atoms with E-state index in [0.717, 1.165) is 17.5 Å². The summed E-state index contributed by atoms with van der Waals surface area (Å²) in [7, 11) is 0. The van der Waals surface area contributed by atoms with Gasteiger partial charge in [0.2, 0.25) is 0 Å². The third kappa shape index (κ3) is 3.03. The van der Waals surface area contributed by atoms with Crippen LogP contribution in [0.3, 0.4) is 0 Å². The number of amides is 1. The lowest BCUT2D eigenvalue weighted by Gasteiger charge is -2.31. The first-order valence-electron chi connectivity index (χ1n) is 8.50. The van der Waals surface area contributed by atoms with E-state index < -0.39 is 6.17 Å². The summed E-state index contributed by atoms with van der Waals surface area (Å²) < 4.78 is 13.5. The highest BCUT2D eigenvalue weighted by atomic mass is 32.1. The van der Waals surface area contributed by atoms with Crippen LogP contribution in [0.25, 0.3) is 0 Å². The summed E-state index contributed by atoms with van der Waals surface area (Å²) in [6, 6.07) is 8.14. The summed E-state index contributed by atoms with van der Waals surface area (Å²) in [5.74, 6) is 0.647. The number of carbonyl (C=O) groups is 1. The zero-order valence-corrected chi connectivity index (χ0v) is 14.8. The van der Waals surface area contributed by atoms with E-state index in [1.165, 1.54) is 6.33 Å². The molecular formula is C18H18FN5OS. The molecule has 0 spiro atoms. The molecule has 1 aromatic carbocycles. The Hall–Kier alpha value is -2.54. The summed E-state index contributed by atoms with van der Waals surface area (Å²) in [6.07, 6.45) is 2.00. The van der Waals surface area contributed by atoms with Crippen LogP contribution in [0, 0.1) is 0 Å². The standard InChI is InChI=1S/C18H18FN5OS/c19-12-5-6-14(20-7-12)13-4-2-1-3-11(13)8-24-15(9-26)23-18(25)16-17(24)22-10-21-16/h1-4,10,12,14,20H,5-8H2,(H,21,22)(H,23,25). The quantitative estimate of drug-likeness (QED) is 0.723. The highest BCUT2D eigenvalue weighted by molar-refractivity contribution is 7.78. The maximum Gasteiger partial charge on any atom is 0.277 e. The number of thiocarbonyl (C=S) groups is 1. The Kier molecular flexibility index (Phi) is 4.55. The van der Waals surface area contributed by atoms with Crippen LogP contribution in [0.2, 0.25) is 0 Å². The molecule has 134 valence electrons. The van der Waals surface area contributed by atoms with Crippen LogP contribution in [0.5, 0.6) is 0 Å². The summed E-state index contributed by atoms with van der Waals surface area (Å²) in [5, 5.41) is 8.63. The zero-order chi connectivity index (χ0) is 18.1. The fourth-order valence-corrected chi connectivity index (χ4v) is 3.67. The van der Waals surface area contributed by atoms with Crippen molar-refractivity contribution >= 4 is 29.0 Å². The first-order valence-corrected chi connectivity index (χ1v) is 8.91. The molecule has 2 aliphatic rings. The number of nitrogens with zero attached hydrogens (tertiary/aromatic N) is 2. The average molecular weight is 371 g/mol. The summed E-state index contributed by atoms with van der Waals surface area (Å²) in [5.41, 5.74) is 2.58. The van der Waals surface area contributed by atoms with Gasteiger partial charge in [0.15, 0.2) is 11.6 Å². The van der Waals surface area contributed by atoms with Crippen LogP contribution in [-0.4, -0.2) is 33.6 Å². The van der Waals surface area contributed by atoms with Gasteiger partial charge < -0.3 is 10.3 Å². The fraction of sp³-hybridized carbons (Fsp3) is 0.333. The number of anilines is 1. The molecule has 1 fully saturated rings. The second kappa shape index (κ2) is 6.99. The molecule has 4 rings (SSSR count). The van der Waals surface area contributed by atoms with Crippen molar-refractivity contribution in [1.82, 2.24) is 20.6 Å². The van der Waals surface area contributed by atoms with Crippen molar-refractivity contribution in [2.24, 2.45) is 0 Å². The number of hydrogen-bond donors (Lipinski definition) is 3. The molecule has 6 nitrogen and oxygen atoms in total. The van der Waals surface area contributed by atoms with Gasteiger partial charge in [-0.15, -0.1) is 0 Å². The molecule has 2 aliphatic heterocycles. The number of piperidine rings is 1. The Morgan fingerprint density at radius 3 is 2.96 bits per heavy atom. The maximum atomic E-state index is 13.5. The van der Waals surface area contributed by atoms with Crippen LogP contribution >= 0.6 is 12.2 Å². The Bertz CT molecular complexity index is 883. The van der Waals surface area contributed by atoms with Gasteiger partial charge in [-0.05, 0) is 41.2 Å².